The van der Waals surface area contributed by atoms with Gasteiger partial charge in [0.1, 0.15) is 11.9 Å². The Kier molecular flexibility index (Phi) is 6.11. The van der Waals surface area contributed by atoms with Crippen molar-refractivity contribution in [3.8, 4) is 0 Å². The maximum Gasteiger partial charge on any atom is 0.227 e. The van der Waals surface area contributed by atoms with Crippen molar-refractivity contribution in [2.24, 2.45) is 4.99 Å². The average Bonchev–Trinajstić information content (AvgIpc) is 3.93. The molecular weight excluding hydrogens is 554 g/mol. The Bertz CT molecular complexity index is 1910. The van der Waals surface area contributed by atoms with E-state index in [1.165, 1.54) is 0 Å². The quantitative estimate of drug-likeness (QED) is 0.255. The first-order valence-corrected chi connectivity index (χ1v) is 14.0. The van der Waals surface area contributed by atoms with Crippen LogP contribution in [0.15, 0.2) is 122 Å². The summed E-state index contributed by atoms with van der Waals surface area (Å²) in [6.45, 7) is 0. The van der Waals surface area contributed by atoms with Gasteiger partial charge in [-0.3, -0.25) is 25.0 Å². The van der Waals surface area contributed by atoms with E-state index in [4.69, 9.17) is 29.9 Å². The monoisotopic (exact) mass is 579 g/mol. The van der Waals surface area contributed by atoms with Crippen molar-refractivity contribution < 1.29 is 0 Å². The molecule has 8 heterocycles. The van der Waals surface area contributed by atoms with Crippen LogP contribution in [0, 0.1) is 0 Å². The van der Waals surface area contributed by atoms with Crippen molar-refractivity contribution in [2.45, 2.75) is 17.5 Å². The number of nitrogens with zero attached hydrogens (tertiary/aromatic N) is 10. The molecule has 3 unspecified atom stereocenters. The molecule has 0 bridgehead atoms. The summed E-state index contributed by atoms with van der Waals surface area (Å²) in [4.78, 5) is 40.9. The fourth-order valence-electron chi connectivity index (χ4n) is 6.23. The first-order chi connectivity index (χ1) is 21.9. The molecule has 8 rings (SSSR count). The minimum atomic E-state index is -1.17. The molecule has 214 valence electrons. The van der Waals surface area contributed by atoms with Crippen LogP contribution in [0.5, 0.6) is 0 Å². The van der Waals surface area contributed by atoms with E-state index in [9.17, 15) is 0 Å². The summed E-state index contributed by atoms with van der Waals surface area (Å²) in [5.74, 6) is 1.23. The third-order valence-corrected chi connectivity index (χ3v) is 7.82. The zero-order valence-electron chi connectivity index (χ0n) is 23.2. The minimum absolute atomic E-state index is 0.486. The summed E-state index contributed by atoms with van der Waals surface area (Å²) < 4.78 is 0. The highest BCUT2D eigenvalue weighted by atomic mass is 15.7. The standard InChI is InChI=1S/C31H25N13/c1-2-10-33-21(6-1)26-27(23-20-32-16-17-34-23)31(24-7-3-11-35-24,29-37-13-5-14-38-29)44(25-8-4-12-36-25)43(30-39-18-19-40-30)28(26)22-9-15-41-42-22/h1-20,24,27,36H,(H,39,40)(H,41,42). The van der Waals surface area contributed by atoms with E-state index in [2.05, 4.69) is 36.2 Å². The van der Waals surface area contributed by atoms with Gasteiger partial charge in [-0.25, -0.2) is 25.0 Å². The summed E-state index contributed by atoms with van der Waals surface area (Å²) in [7, 11) is 0. The Hall–Kier alpha value is -6.24. The molecule has 0 aromatic carbocycles. The van der Waals surface area contributed by atoms with Crippen molar-refractivity contribution in [1.82, 2.24) is 50.1 Å². The van der Waals surface area contributed by atoms with E-state index in [-0.39, 0.29) is 0 Å². The van der Waals surface area contributed by atoms with Gasteiger partial charge in [0.15, 0.2) is 11.4 Å². The van der Waals surface area contributed by atoms with Crippen LogP contribution in [0.2, 0.25) is 0 Å². The third kappa shape index (κ3) is 3.86. The Morgan fingerprint density at radius 3 is 2.39 bits per heavy atom. The van der Waals surface area contributed by atoms with Gasteiger partial charge in [0.2, 0.25) is 5.95 Å². The highest BCUT2D eigenvalue weighted by Gasteiger charge is 2.63. The Morgan fingerprint density at radius 1 is 0.773 bits per heavy atom. The third-order valence-electron chi connectivity index (χ3n) is 7.82. The predicted octanol–water partition coefficient (Wildman–Crippen LogP) is 3.93. The highest BCUT2D eigenvalue weighted by molar-refractivity contribution is 6.01. The van der Waals surface area contributed by atoms with Gasteiger partial charge < -0.3 is 9.97 Å². The molecule has 0 saturated heterocycles. The van der Waals surface area contributed by atoms with Crippen molar-refractivity contribution in [3.63, 3.8) is 0 Å². The molecule has 3 atom stereocenters. The molecule has 6 aromatic heterocycles. The Labute approximate surface area is 251 Å². The van der Waals surface area contributed by atoms with Gasteiger partial charge in [-0.05, 0) is 42.5 Å². The SMILES string of the molecule is C1=CC(C2(c3ncccn3)C(c3cnccn3)C(c3ccccn3)=C(c3ccn[nH]3)N(c3ncc[nH]3)N2c2ccc[nH]2)N=C1. The number of hydrazine groups is 1. The van der Waals surface area contributed by atoms with Crippen molar-refractivity contribution in [2.75, 3.05) is 10.0 Å². The number of H-pyrrole nitrogens is 3. The molecule has 44 heavy (non-hydrogen) atoms. The topological polar surface area (TPSA) is 156 Å². The molecule has 0 amide bonds. The maximum atomic E-state index is 5.04. The molecule has 0 radical (unpaired) electrons. The molecule has 0 aliphatic carbocycles. The number of rotatable bonds is 7. The number of allylic oxidation sites excluding steroid dienone is 1. The van der Waals surface area contributed by atoms with Crippen molar-refractivity contribution in [1.29, 1.82) is 0 Å². The summed E-state index contributed by atoms with van der Waals surface area (Å²) in [5.41, 5.74) is 2.55. The smallest absolute Gasteiger partial charge is 0.227 e. The van der Waals surface area contributed by atoms with Gasteiger partial charge in [0.05, 0.1) is 28.7 Å². The minimum Gasteiger partial charge on any atom is -0.347 e. The van der Waals surface area contributed by atoms with Crippen LogP contribution in [0.3, 0.4) is 0 Å². The van der Waals surface area contributed by atoms with E-state index in [0.29, 0.717) is 17.5 Å². The lowest BCUT2D eigenvalue weighted by molar-refractivity contribution is 0.300. The van der Waals surface area contributed by atoms with E-state index >= 15 is 0 Å². The van der Waals surface area contributed by atoms with Gasteiger partial charge in [0, 0.05) is 73.8 Å². The molecule has 0 fully saturated rings. The second-order valence-corrected chi connectivity index (χ2v) is 10.1. The van der Waals surface area contributed by atoms with Gasteiger partial charge in [0.25, 0.3) is 0 Å². The van der Waals surface area contributed by atoms with E-state index in [1.54, 1.807) is 61.8 Å². The zero-order valence-corrected chi connectivity index (χ0v) is 23.2. The number of aliphatic imine (C=N–C) groups is 1. The fraction of sp³-hybridized carbons (Fsp3) is 0.0968. The lowest BCUT2D eigenvalue weighted by Gasteiger charge is -2.57. The number of anilines is 2. The van der Waals surface area contributed by atoms with Crippen LogP contribution in [-0.4, -0.2) is 62.3 Å². The molecule has 3 N–H and O–H groups in total. The summed E-state index contributed by atoms with van der Waals surface area (Å²) in [6.07, 6.45) is 23.4. The van der Waals surface area contributed by atoms with E-state index < -0.39 is 17.5 Å². The van der Waals surface area contributed by atoms with Crippen LogP contribution in [0.4, 0.5) is 11.8 Å². The first kappa shape index (κ1) is 25.5. The van der Waals surface area contributed by atoms with Gasteiger partial charge in [-0.15, -0.1) is 0 Å². The van der Waals surface area contributed by atoms with Crippen LogP contribution < -0.4 is 10.0 Å². The number of aromatic nitrogens is 10. The lowest BCUT2D eigenvalue weighted by atomic mass is 9.68. The Balaban J connectivity index is 1.62. The normalized spacial score (nSPS) is 21.4. The fourth-order valence-corrected chi connectivity index (χ4v) is 6.23. The number of hydrogen-bond donors (Lipinski definition) is 3. The van der Waals surface area contributed by atoms with Gasteiger partial charge in [-0.1, -0.05) is 12.1 Å². The molecule has 2 aliphatic heterocycles. The van der Waals surface area contributed by atoms with Gasteiger partial charge >= 0.3 is 0 Å². The molecule has 13 heteroatoms. The zero-order chi connectivity index (χ0) is 29.3. The number of imidazole rings is 1. The number of pyridine rings is 1. The second kappa shape index (κ2) is 10.5. The van der Waals surface area contributed by atoms with Crippen molar-refractivity contribution in [3.05, 3.63) is 139 Å². The molecule has 0 spiro atoms. The average molecular weight is 580 g/mol. The molecule has 13 nitrogen and oxygen atoms in total. The maximum absolute atomic E-state index is 5.04. The van der Waals surface area contributed by atoms with E-state index in [0.717, 1.165) is 28.5 Å². The van der Waals surface area contributed by atoms with Crippen LogP contribution in [0.1, 0.15) is 28.8 Å². The molecular formula is C31H25N13. The molecule has 6 aromatic rings. The van der Waals surface area contributed by atoms with Crippen molar-refractivity contribution >= 4 is 29.3 Å². The largest absolute Gasteiger partial charge is 0.347 e. The summed E-state index contributed by atoms with van der Waals surface area (Å²) in [5, 5.41) is 11.7. The molecule has 2 aliphatic rings. The number of aromatic amines is 3. The van der Waals surface area contributed by atoms with E-state index in [1.807, 2.05) is 59.9 Å². The molecule has 0 saturated carbocycles. The lowest BCUT2D eigenvalue weighted by Crippen LogP contribution is -2.67. The number of nitrogens with one attached hydrogen (secondary N) is 3. The summed E-state index contributed by atoms with van der Waals surface area (Å²) >= 11 is 0. The first-order valence-electron chi connectivity index (χ1n) is 14.0. The number of hydrogen-bond acceptors (Lipinski definition) is 10. The highest BCUT2D eigenvalue weighted by Crippen LogP contribution is 2.59. The van der Waals surface area contributed by atoms with Crippen LogP contribution >= 0.6 is 0 Å². The second-order valence-electron chi connectivity index (χ2n) is 10.1. The summed E-state index contributed by atoms with van der Waals surface area (Å²) in [6, 6.07) is 13.0. The van der Waals surface area contributed by atoms with Crippen LogP contribution in [0.25, 0.3) is 11.3 Å². The van der Waals surface area contributed by atoms with Crippen LogP contribution in [-0.2, 0) is 5.54 Å². The predicted molar refractivity (Wildman–Crippen MR) is 164 cm³/mol. The Morgan fingerprint density at radius 2 is 1.70 bits per heavy atom. The van der Waals surface area contributed by atoms with Gasteiger partial charge in [-0.2, -0.15) is 5.10 Å².